The molecule has 0 fully saturated rings. The van der Waals surface area contributed by atoms with Crippen LogP contribution in [0.3, 0.4) is 0 Å². The standard InChI is InChI=1S/C12H9NO2/c14-12(15)10-5-4-8-13(9-10)11-6-2-1-3-7-11/h1-9H/p+1. The molecule has 1 aromatic carbocycles. The van der Waals surface area contributed by atoms with Gasteiger partial charge in [-0.05, 0) is 6.07 Å². The van der Waals surface area contributed by atoms with Crippen LogP contribution in [0, 0.1) is 0 Å². The van der Waals surface area contributed by atoms with Crippen LogP contribution in [-0.2, 0) is 0 Å². The molecule has 0 amide bonds. The number of hydrogen-bond acceptors (Lipinski definition) is 1. The fourth-order valence-electron chi connectivity index (χ4n) is 1.36. The third kappa shape index (κ3) is 2.02. The highest BCUT2D eigenvalue weighted by molar-refractivity contribution is 5.86. The number of aromatic nitrogens is 1. The van der Waals surface area contributed by atoms with Crippen molar-refractivity contribution in [2.45, 2.75) is 0 Å². The molecule has 2 rings (SSSR count). The number of rotatable bonds is 2. The lowest BCUT2D eigenvalue weighted by Crippen LogP contribution is -2.30. The fraction of sp³-hybridized carbons (Fsp3) is 0. The minimum Gasteiger partial charge on any atom is -0.477 e. The van der Waals surface area contributed by atoms with E-state index in [-0.39, 0.29) is 5.56 Å². The first-order valence-corrected chi connectivity index (χ1v) is 4.57. The van der Waals surface area contributed by atoms with Crippen molar-refractivity contribution < 1.29 is 14.5 Å². The second-order valence-corrected chi connectivity index (χ2v) is 3.14. The Bertz CT molecular complexity index is 480. The number of hydrogen-bond donors (Lipinski definition) is 1. The van der Waals surface area contributed by atoms with Crippen LogP contribution >= 0.6 is 0 Å². The summed E-state index contributed by atoms with van der Waals surface area (Å²) in [5.74, 6) is -0.916. The summed E-state index contributed by atoms with van der Waals surface area (Å²) in [6.07, 6.45) is 3.42. The largest absolute Gasteiger partial charge is 0.477 e. The summed E-state index contributed by atoms with van der Waals surface area (Å²) in [6, 6.07) is 12.9. The normalized spacial score (nSPS) is 9.87. The predicted octanol–water partition coefficient (Wildman–Crippen LogP) is 1.66. The zero-order chi connectivity index (χ0) is 10.7. The van der Waals surface area contributed by atoms with Crippen molar-refractivity contribution in [3.63, 3.8) is 0 Å². The molecule has 3 heteroatoms. The number of carbonyl (C=O) groups is 1. The van der Waals surface area contributed by atoms with Crippen LogP contribution in [0.4, 0.5) is 0 Å². The van der Waals surface area contributed by atoms with E-state index in [0.29, 0.717) is 0 Å². The molecular weight excluding hydrogens is 190 g/mol. The third-order valence-electron chi connectivity index (χ3n) is 2.10. The lowest BCUT2D eigenvalue weighted by atomic mass is 10.2. The molecule has 15 heavy (non-hydrogen) atoms. The van der Waals surface area contributed by atoms with E-state index in [9.17, 15) is 4.79 Å². The topological polar surface area (TPSA) is 41.2 Å². The summed E-state index contributed by atoms with van der Waals surface area (Å²) >= 11 is 0. The molecule has 1 heterocycles. The van der Waals surface area contributed by atoms with Gasteiger partial charge in [-0.1, -0.05) is 18.2 Å². The molecule has 0 spiro atoms. The Morgan fingerprint density at radius 1 is 1.07 bits per heavy atom. The average molecular weight is 200 g/mol. The first-order chi connectivity index (χ1) is 7.27. The Balaban J connectivity index is 2.46. The Morgan fingerprint density at radius 2 is 1.80 bits per heavy atom. The molecule has 0 aliphatic heterocycles. The zero-order valence-electron chi connectivity index (χ0n) is 8.00. The van der Waals surface area contributed by atoms with Crippen LogP contribution in [0.1, 0.15) is 10.4 Å². The summed E-state index contributed by atoms with van der Waals surface area (Å²) in [5.41, 5.74) is 1.22. The van der Waals surface area contributed by atoms with E-state index in [0.717, 1.165) is 5.69 Å². The van der Waals surface area contributed by atoms with Gasteiger partial charge < -0.3 is 5.11 Å². The van der Waals surface area contributed by atoms with Crippen molar-refractivity contribution in [1.82, 2.24) is 0 Å². The lowest BCUT2D eigenvalue weighted by molar-refractivity contribution is -0.595. The molecule has 0 aliphatic carbocycles. The van der Waals surface area contributed by atoms with Gasteiger partial charge in [-0.3, -0.25) is 0 Å². The smallest absolute Gasteiger partial charge is 0.341 e. The van der Waals surface area contributed by atoms with E-state index in [4.69, 9.17) is 5.11 Å². The molecule has 1 N–H and O–H groups in total. The maximum absolute atomic E-state index is 10.8. The molecule has 2 aromatic rings. The number of carboxylic acid groups (broad SMARTS) is 1. The van der Waals surface area contributed by atoms with Crippen molar-refractivity contribution in [2.24, 2.45) is 0 Å². The molecule has 3 nitrogen and oxygen atoms in total. The second-order valence-electron chi connectivity index (χ2n) is 3.14. The van der Waals surface area contributed by atoms with E-state index >= 15 is 0 Å². The van der Waals surface area contributed by atoms with Gasteiger partial charge in [0.25, 0.3) is 0 Å². The maximum Gasteiger partial charge on any atom is 0.341 e. The van der Waals surface area contributed by atoms with Crippen molar-refractivity contribution in [3.05, 3.63) is 60.4 Å². The number of carboxylic acids is 1. The maximum atomic E-state index is 10.8. The third-order valence-corrected chi connectivity index (χ3v) is 2.10. The number of pyridine rings is 1. The number of aromatic carboxylic acids is 1. The van der Waals surface area contributed by atoms with E-state index < -0.39 is 5.97 Å². The quantitative estimate of drug-likeness (QED) is 0.749. The van der Waals surface area contributed by atoms with Gasteiger partial charge in [0.05, 0.1) is 0 Å². The van der Waals surface area contributed by atoms with Crippen LogP contribution < -0.4 is 4.57 Å². The van der Waals surface area contributed by atoms with Gasteiger partial charge in [-0.25, -0.2) is 4.79 Å². The average Bonchev–Trinajstić information content (AvgIpc) is 2.30. The Labute approximate surface area is 87.2 Å². The summed E-state index contributed by atoms with van der Waals surface area (Å²) in [5, 5.41) is 8.84. The lowest BCUT2D eigenvalue weighted by Gasteiger charge is -1.95. The van der Waals surface area contributed by atoms with E-state index in [1.54, 1.807) is 22.9 Å². The number of nitrogens with zero attached hydrogens (tertiary/aromatic N) is 1. The summed E-state index contributed by atoms with van der Waals surface area (Å²) in [4.78, 5) is 10.8. The second kappa shape index (κ2) is 3.92. The first kappa shape index (κ1) is 9.40. The minimum absolute atomic E-state index is 0.279. The zero-order valence-corrected chi connectivity index (χ0v) is 8.00. The van der Waals surface area contributed by atoms with Gasteiger partial charge in [0.15, 0.2) is 12.4 Å². The highest BCUT2D eigenvalue weighted by Gasteiger charge is 2.09. The Hall–Kier alpha value is -2.16. The minimum atomic E-state index is -0.916. The number of benzene rings is 1. The molecule has 1 aromatic heterocycles. The predicted molar refractivity (Wildman–Crippen MR) is 54.9 cm³/mol. The molecule has 0 saturated heterocycles. The van der Waals surface area contributed by atoms with Crippen LogP contribution in [0.25, 0.3) is 5.69 Å². The molecular formula is C12H10NO2+. The van der Waals surface area contributed by atoms with Gasteiger partial charge in [0.2, 0.25) is 5.69 Å². The van der Waals surface area contributed by atoms with Gasteiger partial charge in [0, 0.05) is 18.2 Å². The molecule has 0 radical (unpaired) electrons. The SMILES string of the molecule is O=C(O)c1ccc[n+](-c2ccccc2)c1. The van der Waals surface area contributed by atoms with E-state index in [1.807, 2.05) is 36.5 Å². The van der Waals surface area contributed by atoms with Gasteiger partial charge in [-0.2, -0.15) is 4.57 Å². The summed E-state index contributed by atoms with van der Waals surface area (Å²) in [7, 11) is 0. The highest BCUT2D eigenvalue weighted by atomic mass is 16.4. The van der Waals surface area contributed by atoms with E-state index in [1.165, 1.54) is 0 Å². The molecule has 0 bridgehead atoms. The Morgan fingerprint density at radius 3 is 2.47 bits per heavy atom. The summed E-state index contributed by atoms with van der Waals surface area (Å²) < 4.78 is 1.78. The van der Waals surface area contributed by atoms with E-state index in [2.05, 4.69) is 0 Å². The van der Waals surface area contributed by atoms with Crippen molar-refractivity contribution in [2.75, 3.05) is 0 Å². The van der Waals surface area contributed by atoms with Crippen molar-refractivity contribution in [3.8, 4) is 5.69 Å². The molecule has 0 unspecified atom stereocenters. The van der Waals surface area contributed by atoms with Crippen LogP contribution in [-0.4, -0.2) is 11.1 Å². The molecule has 0 aliphatic rings. The fourth-order valence-corrected chi connectivity index (χ4v) is 1.36. The van der Waals surface area contributed by atoms with Crippen LogP contribution in [0.2, 0.25) is 0 Å². The van der Waals surface area contributed by atoms with Gasteiger partial charge in [0.1, 0.15) is 5.56 Å². The first-order valence-electron chi connectivity index (χ1n) is 4.57. The van der Waals surface area contributed by atoms with Crippen LogP contribution in [0.5, 0.6) is 0 Å². The molecule has 74 valence electrons. The monoisotopic (exact) mass is 200 g/mol. The van der Waals surface area contributed by atoms with Gasteiger partial charge >= 0.3 is 5.97 Å². The molecule has 0 saturated carbocycles. The molecule has 0 atom stereocenters. The van der Waals surface area contributed by atoms with Crippen molar-refractivity contribution in [1.29, 1.82) is 0 Å². The van der Waals surface area contributed by atoms with Crippen LogP contribution in [0.15, 0.2) is 54.9 Å². The Kier molecular flexibility index (Phi) is 2.46. The van der Waals surface area contributed by atoms with Crippen molar-refractivity contribution >= 4 is 5.97 Å². The summed E-state index contributed by atoms with van der Waals surface area (Å²) in [6.45, 7) is 0. The highest BCUT2D eigenvalue weighted by Crippen LogP contribution is 2.00. The number of para-hydroxylation sites is 1. The van der Waals surface area contributed by atoms with Gasteiger partial charge in [-0.15, -0.1) is 0 Å².